The van der Waals surface area contributed by atoms with Gasteiger partial charge in [0.05, 0.1) is 12.2 Å². The largest absolute Gasteiger partial charge is 0.488 e. The van der Waals surface area contributed by atoms with Gasteiger partial charge in [0.25, 0.3) is 0 Å². The van der Waals surface area contributed by atoms with Gasteiger partial charge in [-0.25, -0.2) is 0 Å². The zero-order chi connectivity index (χ0) is 21.4. The summed E-state index contributed by atoms with van der Waals surface area (Å²) in [6.07, 6.45) is -1.01. The molecule has 0 spiro atoms. The number of hydrogen-bond donors (Lipinski definition) is 0. The van der Waals surface area contributed by atoms with Crippen molar-refractivity contribution in [2.24, 2.45) is 0 Å². The molecule has 2 atom stereocenters. The van der Waals surface area contributed by atoms with Gasteiger partial charge in [-0.2, -0.15) is 0 Å². The number of benzene rings is 3. The minimum absolute atomic E-state index is 0.170. The smallest absolute Gasteiger partial charge is 0.198 e. The topological polar surface area (TPSA) is 57.3 Å². The van der Waals surface area contributed by atoms with Crippen LogP contribution in [0.2, 0.25) is 5.02 Å². The van der Waals surface area contributed by atoms with Crippen molar-refractivity contribution < 1.29 is 23.7 Å². The highest BCUT2D eigenvalue weighted by Crippen LogP contribution is 2.48. The summed E-state index contributed by atoms with van der Waals surface area (Å²) < 4.78 is 23.7. The van der Waals surface area contributed by atoms with Gasteiger partial charge in [-0.15, -0.1) is 0 Å². The van der Waals surface area contributed by atoms with E-state index in [9.17, 15) is 4.79 Å². The maximum absolute atomic E-state index is 13.3. The minimum Gasteiger partial charge on any atom is -0.488 e. The fourth-order valence-electron chi connectivity index (χ4n) is 3.68. The second-order valence-corrected chi connectivity index (χ2v) is 8.70. The van der Waals surface area contributed by atoms with E-state index in [1.807, 2.05) is 42.5 Å². The highest BCUT2D eigenvalue weighted by Gasteiger charge is 2.49. The van der Waals surface area contributed by atoms with Crippen LogP contribution < -0.4 is 9.47 Å². The Labute approximate surface area is 193 Å². The summed E-state index contributed by atoms with van der Waals surface area (Å²) >= 11 is 9.70. The van der Waals surface area contributed by atoms with Crippen molar-refractivity contribution in [1.29, 1.82) is 0 Å². The van der Waals surface area contributed by atoms with Gasteiger partial charge in [-0.05, 0) is 35.9 Å². The van der Waals surface area contributed by atoms with Crippen LogP contribution >= 0.6 is 27.5 Å². The summed E-state index contributed by atoms with van der Waals surface area (Å²) in [7, 11) is 0. The molecule has 0 radical (unpaired) electrons. The first kappa shape index (κ1) is 20.5. The van der Waals surface area contributed by atoms with Crippen LogP contribution in [0.5, 0.6) is 11.5 Å². The molecule has 5 rings (SSSR count). The molecular weight excluding hydrogens is 484 g/mol. The third kappa shape index (κ3) is 4.34. The highest BCUT2D eigenvalue weighted by molar-refractivity contribution is 9.10. The predicted octanol–water partition coefficient (Wildman–Crippen LogP) is 5.87. The van der Waals surface area contributed by atoms with Crippen LogP contribution in [0.4, 0.5) is 0 Å². The molecule has 5 nitrogen and oxygen atoms in total. The Kier molecular flexibility index (Phi) is 5.71. The van der Waals surface area contributed by atoms with Crippen molar-refractivity contribution in [3.63, 3.8) is 0 Å². The fourth-order valence-corrected chi connectivity index (χ4v) is 4.37. The van der Waals surface area contributed by atoms with Crippen molar-refractivity contribution >= 4 is 33.3 Å². The lowest BCUT2D eigenvalue weighted by molar-refractivity contribution is -0.0173. The zero-order valence-electron chi connectivity index (χ0n) is 16.3. The van der Waals surface area contributed by atoms with E-state index in [0.717, 1.165) is 26.9 Å². The van der Waals surface area contributed by atoms with Gasteiger partial charge in [-0.1, -0.05) is 57.9 Å². The first-order valence-electron chi connectivity index (χ1n) is 9.79. The monoisotopic (exact) mass is 500 g/mol. The molecule has 0 N–H and O–H groups in total. The Balaban J connectivity index is 1.38. The highest BCUT2D eigenvalue weighted by atomic mass is 79.9. The summed E-state index contributed by atoms with van der Waals surface area (Å²) in [6, 6.07) is 18.7. The van der Waals surface area contributed by atoms with Crippen molar-refractivity contribution in [3.8, 4) is 11.5 Å². The molecule has 0 bridgehead atoms. The van der Waals surface area contributed by atoms with E-state index < -0.39 is 12.2 Å². The van der Waals surface area contributed by atoms with Crippen LogP contribution in [0.15, 0.2) is 65.1 Å². The van der Waals surface area contributed by atoms with E-state index >= 15 is 0 Å². The van der Waals surface area contributed by atoms with Crippen LogP contribution in [-0.4, -0.2) is 18.7 Å². The Bertz CT molecular complexity index is 1130. The van der Waals surface area contributed by atoms with Gasteiger partial charge in [0.15, 0.2) is 18.7 Å². The molecule has 1 fully saturated rings. The molecule has 3 aromatic rings. The lowest BCUT2D eigenvalue weighted by Crippen LogP contribution is -2.14. The SMILES string of the molecule is O=C(c1cc(Cl)ccc1OCc1ccccc1)C1OC1c1cc(Br)cc2c1OCOC2. The van der Waals surface area contributed by atoms with Gasteiger partial charge < -0.3 is 18.9 Å². The number of ketones is 1. The van der Waals surface area contributed by atoms with Crippen LogP contribution in [0.25, 0.3) is 0 Å². The number of Topliss-reactive ketones (excluding diaryl/α,β-unsaturated/α-hetero) is 1. The Morgan fingerprint density at radius 1 is 1.13 bits per heavy atom. The number of fused-ring (bicyclic) bond motifs is 1. The summed E-state index contributed by atoms with van der Waals surface area (Å²) in [5.41, 5.74) is 3.17. The average molecular weight is 502 g/mol. The number of ether oxygens (including phenoxy) is 4. The summed E-state index contributed by atoms with van der Waals surface area (Å²) in [5, 5.41) is 0.466. The third-order valence-corrected chi connectivity index (χ3v) is 5.90. The summed E-state index contributed by atoms with van der Waals surface area (Å²) in [5.74, 6) is 1.03. The number of epoxide rings is 1. The molecule has 7 heteroatoms. The van der Waals surface area contributed by atoms with E-state index in [2.05, 4.69) is 15.9 Å². The molecule has 2 heterocycles. The van der Waals surface area contributed by atoms with E-state index in [4.69, 9.17) is 30.5 Å². The number of carbonyl (C=O) groups excluding carboxylic acids is 1. The van der Waals surface area contributed by atoms with Gasteiger partial charge in [0.1, 0.15) is 24.2 Å². The molecule has 0 amide bonds. The average Bonchev–Trinajstić information content (AvgIpc) is 3.58. The summed E-state index contributed by atoms with van der Waals surface area (Å²) in [4.78, 5) is 13.3. The van der Waals surface area contributed by atoms with Crippen molar-refractivity contribution in [2.75, 3.05) is 6.79 Å². The van der Waals surface area contributed by atoms with Gasteiger partial charge in [-0.3, -0.25) is 4.79 Å². The molecule has 1 saturated heterocycles. The molecule has 0 aromatic heterocycles. The second-order valence-electron chi connectivity index (χ2n) is 7.35. The van der Waals surface area contributed by atoms with Crippen molar-refractivity contribution in [2.45, 2.75) is 25.4 Å². The molecule has 0 aliphatic carbocycles. The standard InChI is InChI=1S/C24H18BrClO5/c25-16-8-15-12-28-13-30-22(15)19(9-16)23-24(31-23)21(27)18-10-17(26)6-7-20(18)29-11-14-4-2-1-3-5-14/h1-10,23-24H,11-13H2. The van der Waals surface area contributed by atoms with E-state index in [1.165, 1.54) is 0 Å². The Hall–Kier alpha value is -2.38. The molecule has 0 saturated carbocycles. The molecule has 3 aromatic carbocycles. The molecule has 2 aliphatic rings. The lowest BCUT2D eigenvalue weighted by atomic mass is 9.99. The quantitative estimate of drug-likeness (QED) is 0.312. The minimum atomic E-state index is -0.623. The number of hydrogen-bond acceptors (Lipinski definition) is 5. The number of carbonyl (C=O) groups is 1. The van der Waals surface area contributed by atoms with E-state index in [-0.39, 0.29) is 12.6 Å². The van der Waals surface area contributed by atoms with Crippen LogP contribution in [-0.2, 0) is 22.7 Å². The van der Waals surface area contributed by atoms with Crippen molar-refractivity contribution in [3.05, 3.63) is 92.4 Å². The van der Waals surface area contributed by atoms with Crippen LogP contribution in [0.3, 0.4) is 0 Å². The van der Waals surface area contributed by atoms with Gasteiger partial charge >= 0.3 is 0 Å². The van der Waals surface area contributed by atoms with Crippen LogP contribution in [0, 0.1) is 0 Å². The number of rotatable bonds is 6. The zero-order valence-corrected chi connectivity index (χ0v) is 18.7. The normalized spacial score (nSPS) is 19.3. The molecule has 31 heavy (non-hydrogen) atoms. The second kappa shape index (κ2) is 8.63. The van der Waals surface area contributed by atoms with Crippen molar-refractivity contribution in [1.82, 2.24) is 0 Å². The molecule has 2 aliphatic heterocycles. The fraction of sp³-hybridized carbons (Fsp3) is 0.208. The molecular formula is C24H18BrClO5. The Morgan fingerprint density at radius 2 is 1.97 bits per heavy atom. The maximum atomic E-state index is 13.3. The third-order valence-electron chi connectivity index (χ3n) is 5.20. The van der Waals surface area contributed by atoms with Gasteiger partial charge in [0, 0.05) is 20.6 Å². The number of halogens is 2. The van der Waals surface area contributed by atoms with E-state index in [0.29, 0.717) is 29.5 Å². The lowest BCUT2D eigenvalue weighted by Gasteiger charge is -2.20. The van der Waals surface area contributed by atoms with Gasteiger partial charge in [0.2, 0.25) is 0 Å². The molecule has 158 valence electrons. The maximum Gasteiger partial charge on any atom is 0.198 e. The first-order chi connectivity index (χ1) is 15.1. The first-order valence-corrected chi connectivity index (χ1v) is 11.0. The molecule has 2 unspecified atom stereocenters. The van der Waals surface area contributed by atoms with E-state index in [1.54, 1.807) is 18.2 Å². The van der Waals surface area contributed by atoms with Crippen LogP contribution in [0.1, 0.15) is 33.2 Å². The predicted molar refractivity (Wildman–Crippen MR) is 119 cm³/mol. The Morgan fingerprint density at radius 3 is 2.81 bits per heavy atom. The summed E-state index contributed by atoms with van der Waals surface area (Å²) in [6.45, 7) is 0.988.